The summed E-state index contributed by atoms with van der Waals surface area (Å²) < 4.78 is 6.87. The fourth-order valence-corrected chi connectivity index (χ4v) is 2.43. The highest BCUT2D eigenvalue weighted by atomic mass is 16.4. The first-order valence-electron chi connectivity index (χ1n) is 6.49. The van der Waals surface area contributed by atoms with E-state index >= 15 is 0 Å². The van der Waals surface area contributed by atoms with Crippen molar-refractivity contribution in [2.24, 2.45) is 0 Å². The molecule has 0 aliphatic carbocycles. The molecule has 1 aromatic heterocycles. The van der Waals surface area contributed by atoms with Gasteiger partial charge in [-0.1, -0.05) is 23.8 Å². The third kappa shape index (κ3) is 2.09. The van der Waals surface area contributed by atoms with Crippen molar-refractivity contribution < 1.29 is 4.42 Å². The van der Waals surface area contributed by atoms with Gasteiger partial charge in [-0.2, -0.15) is 0 Å². The summed E-state index contributed by atoms with van der Waals surface area (Å²) in [5.41, 5.74) is 11.1. The van der Waals surface area contributed by atoms with Gasteiger partial charge in [-0.25, -0.2) is 4.79 Å². The van der Waals surface area contributed by atoms with Gasteiger partial charge >= 0.3 is 5.76 Å². The van der Waals surface area contributed by atoms with Crippen LogP contribution in [0.5, 0.6) is 0 Å². The third-order valence-electron chi connectivity index (χ3n) is 3.52. The predicted octanol–water partition coefficient (Wildman–Crippen LogP) is 2.84. The lowest BCUT2D eigenvalue weighted by atomic mass is 10.1. The molecule has 0 unspecified atom stereocenters. The fraction of sp³-hybridized carbons (Fsp3) is 0.188. The second kappa shape index (κ2) is 4.56. The quantitative estimate of drug-likeness (QED) is 0.727. The monoisotopic (exact) mass is 268 g/mol. The van der Waals surface area contributed by atoms with E-state index in [4.69, 9.17) is 10.2 Å². The van der Waals surface area contributed by atoms with Gasteiger partial charge in [0, 0.05) is 11.8 Å². The van der Waals surface area contributed by atoms with E-state index in [0.29, 0.717) is 17.8 Å². The zero-order valence-electron chi connectivity index (χ0n) is 11.5. The van der Waals surface area contributed by atoms with Crippen LogP contribution in [-0.2, 0) is 6.54 Å². The minimum absolute atomic E-state index is 0.356. The first-order valence-corrected chi connectivity index (χ1v) is 6.49. The molecule has 0 radical (unpaired) electrons. The van der Waals surface area contributed by atoms with Crippen LogP contribution >= 0.6 is 0 Å². The van der Waals surface area contributed by atoms with E-state index in [9.17, 15) is 4.79 Å². The number of oxazole rings is 1. The van der Waals surface area contributed by atoms with E-state index in [1.54, 1.807) is 16.7 Å². The van der Waals surface area contributed by atoms with E-state index in [2.05, 4.69) is 13.0 Å². The molecule has 4 heteroatoms. The predicted molar refractivity (Wildman–Crippen MR) is 79.9 cm³/mol. The Balaban J connectivity index is 2.11. The van der Waals surface area contributed by atoms with Gasteiger partial charge in [0.1, 0.15) is 0 Å². The Morgan fingerprint density at radius 3 is 2.70 bits per heavy atom. The first-order chi connectivity index (χ1) is 9.54. The van der Waals surface area contributed by atoms with Crippen molar-refractivity contribution >= 4 is 16.8 Å². The molecular weight excluding hydrogens is 252 g/mol. The van der Waals surface area contributed by atoms with Crippen molar-refractivity contribution in [1.82, 2.24) is 4.57 Å². The summed E-state index contributed by atoms with van der Waals surface area (Å²) in [6, 6.07) is 11.5. The molecule has 3 aromatic rings. The maximum absolute atomic E-state index is 12.0. The highest BCUT2D eigenvalue weighted by Gasteiger charge is 2.10. The lowest BCUT2D eigenvalue weighted by molar-refractivity contribution is 0.517. The lowest BCUT2D eigenvalue weighted by Gasteiger charge is -2.07. The summed E-state index contributed by atoms with van der Waals surface area (Å²) in [6.07, 6.45) is 0. The zero-order valence-corrected chi connectivity index (χ0v) is 11.5. The molecule has 2 aromatic carbocycles. The van der Waals surface area contributed by atoms with Gasteiger partial charge in [-0.05, 0) is 37.1 Å². The van der Waals surface area contributed by atoms with E-state index in [0.717, 1.165) is 11.1 Å². The van der Waals surface area contributed by atoms with Crippen molar-refractivity contribution in [2.75, 3.05) is 5.73 Å². The van der Waals surface area contributed by atoms with Crippen LogP contribution in [0.3, 0.4) is 0 Å². The van der Waals surface area contributed by atoms with Crippen molar-refractivity contribution in [1.29, 1.82) is 0 Å². The number of rotatable bonds is 2. The molecule has 1 heterocycles. The minimum Gasteiger partial charge on any atom is -0.408 e. The minimum atomic E-state index is -0.356. The number of fused-ring (bicyclic) bond motifs is 1. The first kappa shape index (κ1) is 12.5. The third-order valence-corrected chi connectivity index (χ3v) is 3.52. The number of nitrogens with two attached hydrogens (primary N) is 1. The SMILES string of the molecule is Cc1ccc(Cn2c(=O)oc3cc(N)ccc32)c(C)c1. The van der Waals surface area contributed by atoms with Crippen LogP contribution in [0.25, 0.3) is 11.1 Å². The molecule has 0 saturated carbocycles. The summed E-state index contributed by atoms with van der Waals surface area (Å²) in [7, 11) is 0. The van der Waals surface area contributed by atoms with Crippen molar-refractivity contribution in [2.45, 2.75) is 20.4 Å². The van der Waals surface area contributed by atoms with Gasteiger partial charge in [-0.15, -0.1) is 0 Å². The van der Waals surface area contributed by atoms with Crippen LogP contribution in [0.4, 0.5) is 5.69 Å². The van der Waals surface area contributed by atoms with Crippen LogP contribution < -0.4 is 11.5 Å². The number of nitrogen functional groups attached to an aromatic ring is 1. The molecule has 0 spiro atoms. The Morgan fingerprint density at radius 2 is 1.95 bits per heavy atom. The lowest BCUT2D eigenvalue weighted by Crippen LogP contribution is -2.15. The van der Waals surface area contributed by atoms with E-state index in [1.807, 2.05) is 25.1 Å². The largest absolute Gasteiger partial charge is 0.420 e. The summed E-state index contributed by atoms with van der Waals surface area (Å²) in [4.78, 5) is 12.0. The van der Waals surface area contributed by atoms with Crippen LogP contribution in [0.1, 0.15) is 16.7 Å². The average Bonchev–Trinajstić information content (AvgIpc) is 2.68. The number of anilines is 1. The Morgan fingerprint density at radius 1 is 1.15 bits per heavy atom. The molecule has 0 atom stereocenters. The van der Waals surface area contributed by atoms with Crippen LogP contribution in [0.2, 0.25) is 0 Å². The number of hydrogen-bond acceptors (Lipinski definition) is 3. The highest BCUT2D eigenvalue weighted by molar-refractivity contribution is 5.76. The Labute approximate surface area is 116 Å². The number of aryl methyl sites for hydroxylation is 2. The summed E-state index contributed by atoms with van der Waals surface area (Å²) in [5, 5.41) is 0. The second-order valence-corrected chi connectivity index (χ2v) is 5.11. The van der Waals surface area contributed by atoms with E-state index < -0.39 is 0 Å². The Hall–Kier alpha value is -2.49. The molecule has 0 aliphatic heterocycles. The normalized spacial score (nSPS) is 11.1. The van der Waals surface area contributed by atoms with Gasteiger partial charge in [-0.3, -0.25) is 4.57 Å². The molecule has 0 bridgehead atoms. The molecule has 20 heavy (non-hydrogen) atoms. The number of benzene rings is 2. The molecule has 102 valence electrons. The molecule has 0 aliphatic rings. The zero-order chi connectivity index (χ0) is 14.3. The Kier molecular flexibility index (Phi) is 2.86. The molecule has 3 rings (SSSR count). The van der Waals surface area contributed by atoms with E-state index in [1.165, 1.54) is 11.1 Å². The summed E-state index contributed by atoms with van der Waals surface area (Å²) >= 11 is 0. The molecular formula is C16H16N2O2. The Bertz CT molecular complexity index is 843. The van der Waals surface area contributed by atoms with E-state index in [-0.39, 0.29) is 5.76 Å². The van der Waals surface area contributed by atoms with Gasteiger partial charge in [0.05, 0.1) is 12.1 Å². The van der Waals surface area contributed by atoms with Crippen LogP contribution in [0.15, 0.2) is 45.6 Å². The van der Waals surface area contributed by atoms with Crippen molar-refractivity contribution in [3.05, 3.63) is 63.6 Å². The van der Waals surface area contributed by atoms with Gasteiger partial charge in [0.2, 0.25) is 0 Å². The highest BCUT2D eigenvalue weighted by Crippen LogP contribution is 2.18. The maximum Gasteiger partial charge on any atom is 0.420 e. The molecule has 4 nitrogen and oxygen atoms in total. The molecule has 0 amide bonds. The number of aromatic nitrogens is 1. The summed E-state index contributed by atoms with van der Waals surface area (Å²) in [6.45, 7) is 4.61. The van der Waals surface area contributed by atoms with Gasteiger partial charge in [0.25, 0.3) is 0 Å². The van der Waals surface area contributed by atoms with Gasteiger partial charge < -0.3 is 10.2 Å². The van der Waals surface area contributed by atoms with Crippen molar-refractivity contribution in [3.8, 4) is 0 Å². The average molecular weight is 268 g/mol. The maximum atomic E-state index is 12.0. The van der Waals surface area contributed by atoms with Gasteiger partial charge in [0.15, 0.2) is 5.58 Å². The van der Waals surface area contributed by atoms with Crippen LogP contribution in [0, 0.1) is 13.8 Å². The topological polar surface area (TPSA) is 61.2 Å². The number of hydrogen-bond donors (Lipinski definition) is 1. The molecule has 0 fully saturated rings. The summed E-state index contributed by atoms with van der Waals surface area (Å²) in [5.74, 6) is -0.356. The number of nitrogens with zero attached hydrogens (tertiary/aromatic N) is 1. The standard InChI is InChI=1S/C16H16N2O2/c1-10-3-4-12(11(2)7-10)9-18-14-6-5-13(17)8-15(14)20-16(18)19/h3-8H,9,17H2,1-2H3. The molecule has 0 saturated heterocycles. The van der Waals surface area contributed by atoms with Crippen LogP contribution in [-0.4, -0.2) is 4.57 Å². The van der Waals surface area contributed by atoms with Crippen molar-refractivity contribution in [3.63, 3.8) is 0 Å². The fourth-order valence-electron chi connectivity index (χ4n) is 2.43. The second-order valence-electron chi connectivity index (χ2n) is 5.11. The molecule has 2 N–H and O–H groups in total. The smallest absolute Gasteiger partial charge is 0.408 e.